The Hall–Kier alpha value is -2.40. The number of hydrogen-bond acceptors (Lipinski definition) is 4. The first-order chi connectivity index (χ1) is 11.1. The molecule has 0 saturated carbocycles. The SMILES string of the molecule is Cc1ccccc1C(=O)Nc1ccc(NCCCN(C)C)cn1. The molecule has 2 N–H and O–H groups in total. The molecule has 0 spiro atoms. The van der Waals surface area contributed by atoms with Crippen LogP contribution in [0.5, 0.6) is 0 Å². The number of nitrogens with one attached hydrogen (secondary N) is 2. The number of carbonyl (C=O) groups is 1. The summed E-state index contributed by atoms with van der Waals surface area (Å²) in [6.07, 6.45) is 2.81. The molecule has 122 valence electrons. The van der Waals surface area contributed by atoms with E-state index in [1.807, 2.05) is 43.3 Å². The molecule has 0 atom stereocenters. The number of aromatic nitrogens is 1. The Morgan fingerprint density at radius 1 is 1.17 bits per heavy atom. The largest absolute Gasteiger partial charge is 0.384 e. The fraction of sp³-hybridized carbons (Fsp3) is 0.333. The number of anilines is 2. The van der Waals surface area contributed by atoms with Crippen LogP contribution in [-0.4, -0.2) is 43.0 Å². The van der Waals surface area contributed by atoms with Crippen LogP contribution >= 0.6 is 0 Å². The normalized spacial score (nSPS) is 10.6. The number of benzene rings is 1. The zero-order valence-corrected chi connectivity index (χ0v) is 14.0. The minimum absolute atomic E-state index is 0.137. The molecule has 5 nitrogen and oxygen atoms in total. The molecule has 2 rings (SSSR count). The number of pyridine rings is 1. The van der Waals surface area contributed by atoms with Gasteiger partial charge in [0.05, 0.1) is 11.9 Å². The summed E-state index contributed by atoms with van der Waals surface area (Å²) < 4.78 is 0. The summed E-state index contributed by atoms with van der Waals surface area (Å²) in [5.74, 6) is 0.416. The number of hydrogen-bond donors (Lipinski definition) is 2. The minimum Gasteiger partial charge on any atom is -0.384 e. The van der Waals surface area contributed by atoms with Crippen LogP contribution < -0.4 is 10.6 Å². The highest BCUT2D eigenvalue weighted by Crippen LogP contribution is 2.13. The smallest absolute Gasteiger partial charge is 0.257 e. The fourth-order valence-electron chi connectivity index (χ4n) is 2.21. The number of nitrogens with zero attached hydrogens (tertiary/aromatic N) is 2. The van der Waals surface area contributed by atoms with E-state index in [9.17, 15) is 4.79 Å². The predicted octanol–water partition coefficient (Wildman–Crippen LogP) is 3.01. The van der Waals surface area contributed by atoms with Crippen LogP contribution in [0.3, 0.4) is 0 Å². The van der Waals surface area contributed by atoms with Crippen LogP contribution in [0, 0.1) is 6.92 Å². The summed E-state index contributed by atoms with van der Waals surface area (Å²) in [7, 11) is 4.13. The van der Waals surface area contributed by atoms with Gasteiger partial charge in [0.2, 0.25) is 0 Å². The van der Waals surface area contributed by atoms with Crippen molar-refractivity contribution in [3.05, 3.63) is 53.7 Å². The Bertz CT molecular complexity index is 638. The van der Waals surface area contributed by atoms with Crippen molar-refractivity contribution in [2.45, 2.75) is 13.3 Å². The van der Waals surface area contributed by atoms with Crippen molar-refractivity contribution in [1.29, 1.82) is 0 Å². The van der Waals surface area contributed by atoms with E-state index in [-0.39, 0.29) is 5.91 Å². The molecule has 0 saturated heterocycles. The molecule has 0 radical (unpaired) electrons. The maximum Gasteiger partial charge on any atom is 0.257 e. The molecule has 0 aliphatic heterocycles. The zero-order chi connectivity index (χ0) is 16.7. The molecule has 23 heavy (non-hydrogen) atoms. The lowest BCUT2D eigenvalue weighted by atomic mass is 10.1. The first-order valence-electron chi connectivity index (χ1n) is 7.78. The van der Waals surface area contributed by atoms with E-state index < -0.39 is 0 Å². The van der Waals surface area contributed by atoms with Crippen molar-refractivity contribution in [3.63, 3.8) is 0 Å². The van der Waals surface area contributed by atoms with Gasteiger partial charge in [-0.1, -0.05) is 18.2 Å². The molecule has 5 heteroatoms. The average molecular weight is 312 g/mol. The molecule has 1 aromatic carbocycles. The van der Waals surface area contributed by atoms with Crippen LogP contribution in [-0.2, 0) is 0 Å². The van der Waals surface area contributed by atoms with E-state index in [1.54, 1.807) is 6.20 Å². The van der Waals surface area contributed by atoms with E-state index in [0.29, 0.717) is 11.4 Å². The fourth-order valence-corrected chi connectivity index (χ4v) is 2.21. The summed E-state index contributed by atoms with van der Waals surface area (Å²) in [6, 6.07) is 11.2. The Morgan fingerprint density at radius 2 is 1.96 bits per heavy atom. The first-order valence-corrected chi connectivity index (χ1v) is 7.78. The van der Waals surface area contributed by atoms with E-state index >= 15 is 0 Å². The first kappa shape index (κ1) is 17.0. The Morgan fingerprint density at radius 3 is 2.61 bits per heavy atom. The third kappa shape index (κ3) is 5.38. The van der Waals surface area contributed by atoms with Crippen molar-refractivity contribution in [3.8, 4) is 0 Å². The summed E-state index contributed by atoms with van der Waals surface area (Å²) in [5.41, 5.74) is 2.57. The molecule has 2 aromatic rings. The lowest BCUT2D eigenvalue weighted by Crippen LogP contribution is -2.16. The molecule has 1 amide bonds. The Labute approximate surface area is 137 Å². The lowest BCUT2D eigenvalue weighted by Gasteiger charge is -2.11. The van der Waals surface area contributed by atoms with Crippen molar-refractivity contribution < 1.29 is 4.79 Å². The van der Waals surface area contributed by atoms with Gasteiger partial charge < -0.3 is 15.5 Å². The second-order valence-corrected chi connectivity index (χ2v) is 5.78. The lowest BCUT2D eigenvalue weighted by molar-refractivity contribution is 0.102. The minimum atomic E-state index is -0.137. The van der Waals surface area contributed by atoms with Gasteiger partial charge in [-0.05, 0) is 57.7 Å². The molecule has 0 unspecified atom stereocenters. The van der Waals surface area contributed by atoms with Crippen LogP contribution in [0.1, 0.15) is 22.3 Å². The highest BCUT2D eigenvalue weighted by Gasteiger charge is 2.08. The topological polar surface area (TPSA) is 57.3 Å². The van der Waals surface area contributed by atoms with Gasteiger partial charge in [0.15, 0.2) is 0 Å². The van der Waals surface area contributed by atoms with E-state index in [0.717, 1.165) is 30.8 Å². The van der Waals surface area contributed by atoms with E-state index in [2.05, 4.69) is 34.6 Å². The zero-order valence-electron chi connectivity index (χ0n) is 14.0. The second kappa shape index (κ2) is 8.29. The van der Waals surface area contributed by atoms with Crippen LogP contribution in [0.25, 0.3) is 0 Å². The molecule has 1 aromatic heterocycles. The summed E-state index contributed by atoms with van der Waals surface area (Å²) in [4.78, 5) is 18.7. The summed E-state index contributed by atoms with van der Waals surface area (Å²) in [5, 5.41) is 6.14. The molecule has 0 bridgehead atoms. The second-order valence-electron chi connectivity index (χ2n) is 5.78. The highest BCUT2D eigenvalue weighted by molar-refractivity contribution is 6.04. The average Bonchev–Trinajstić information content (AvgIpc) is 2.53. The van der Waals surface area contributed by atoms with Crippen LogP contribution in [0.4, 0.5) is 11.5 Å². The number of carbonyl (C=O) groups excluding carboxylic acids is 1. The molecule has 0 aliphatic carbocycles. The van der Waals surface area contributed by atoms with Crippen molar-refractivity contribution in [1.82, 2.24) is 9.88 Å². The van der Waals surface area contributed by atoms with Gasteiger partial charge in [0, 0.05) is 12.1 Å². The monoisotopic (exact) mass is 312 g/mol. The molecule has 0 aliphatic rings. The maximum absolute atomic E-state index is 12.2. The predicted molar refractivity (Wildman–Crippen MR) is 95.0 cm³/mol. The number of amides is 1. The van der Waals surface area contributed by atoms with Crippen LogP contribution in [0.15, 0.2) is 42.6 Å². The quantitative estimate of drug-likeness (QED) is 0.772. The van der Waals surface area contributed by atoms with Crippen LogP contribution in [0.2, 0.25) is 0 Å². The van der Waals surface area contributed by atoms with Crippen molar-refractivity contribution >= 4 is 17.4 Å². The Kier molecular flexibility index (Phi) is 6.11. The third-order valence-corrected chi connectivity index (χ3v) is 3.51. The number of aryl methyl sites for hydroxylation is 1. The molecular formula is C18H24N4O. The van der Waals surface area contributed by atoms with Crippen molar-refractivity contribution in [2.24, 2.45) is 0 Å². The maximum atomic E-state index is 12.2. The van der Waals surface area contributed by atoms with Gasteiger partial charge in [-0.15, -0.1) is 0 Å². The van der Waals surface area contributed by atoms with Gasteiger partial charge in [-0.2, -0.15) is 0 Å². The number of rotatable bonds is 7. The van der Waals surface area contributed by atoms with E-state index in [4.69, 9.17) is 0 Å². The standard InChI is InChI=1S/C18H24N4O/c1-14-7-4-5-8-16(14)18(23)21-17-10-9-15(13-20-17)19-11-6-12-22(2)3/h4-5,7-10,13,19H,6,11-12H2,1-3H3,(H,20,21,23). The van der Waals surface area contributed by atoms with Gasteiger partial charge in [-0.3, -0.25) is 4.79 Å². The van der Waals surface area contributed by atoms with Gasteiger partial charge in [-0.25, -0.2) is 4.98 Å². The third-order valence-electron chi connectivity index (χ3n) is 3.51. The summed E-state index contributed by atoms with van der Waals surface area (Å²) >= 11 is 0. The van der Waals surface area contributed by atoms with Gasteiger partial charge in [0.1, 0.15) is 5.82 Å². The van der Waals surface area contributed by atoms with Gasteiger partial charge in [0.25, 0.3) is 5.91 Å². The Balaban J connectivity index is 1.87. The molecule has 1 heterocycles. The summed E-state index contributed by atoms with van der Waals surface area (Å²) in [6.45, 7) is 3.86. The molecule has 0 fully saturated rings. The van der Waals surface area contributed by atoms with Crippen molar-refractivity contribution in [2.75, 3.05) is 37.8 Å². The molecular weight excluding hydrogens is 288 g/mol. The highest BCUT2D eigenvalue weighted by atomic mass is 16.1. The van der Waals surface area contributed by atoms with E-state index in [1.165, 1.54) is 0 Å². The van der Waals surface area contributed by atoms with Gasteiger partial charge >= 0.3 is 0 Å².